The van der Waals surface area contributed by atoms with Gasteiger partial charge in [0.2, 0.25) is 0 Å². The van der Waals surface area contributed by atoms with Crippen molar-refractivity contribution in [1.82, 2.24) is 9.97 Å². The van der Waals surface area contributed by atoms with Gasteiger partial charge >= 0.3 is 0 Å². The van der Waals surface area contributed by atoms with E-state index in [0.717, 1.165) is 11.4 Å². The normalized spacial score (nSPS) is 9.50. The molecule has 0 aliphatic heterocycles. The Bertz CT molecular complexity index is 355. The van der Waals surface area contributed by atoms with E-state index in [9.17, 15) is 0 Å². The molecule has 2 N–H and O–H groups in total. The van der Waals surface area contributed by atoms with E-state index in [1.165, 1.54) is 6.33 Å². The number of nitrogens with zero attached hydrogens (tertiary/aromatic N) is 4. The molecule has 0 aromatic carbocycles. The third-order valence-corrected chi connectivity index (χ3v) is 2.02. The summed E-state index contributed by atoms with van der Waals surface area (Å²) in [7, 11) is 1.88. The van der Waals surface area contributed by atoms with Crippen LogP contribution >= 0.6 is 0 Å². The second-order valence-electron chi connectivity index (χ2n) is 3.04. The smallest absolute Gasteiger partial charge is 0.136 e. The molecular formula is C9H13N5. The number of rotatable bonds is 3. The molecule has 1 heterocycles. The maximum atomic E-state index is 8.45. The summed E-state index contributed by atoms with van der Waals surface area (Å²) in [6.07, 6.45) is 1.90. The molecule has 74 valence electrons. The Morgan fingerprint density at radius 1 is 1.57 bits per heavy atom. The summed E-state index contributed by atoms with van der Waals surface area (Å²) in [5, 5.41) is 8.45. The zero-order valence-corrected chi connectivity index (χ0v) is 8.36. The molecule has 0 atom stereocenters. The van der Waals surface area contributed by atoms with Gasteiger partial charge < -0.3 is 10.6 Å². The van der Waals surface area contributed by atoms with E-state index in [1.807, 2.05) is 18.9 Å². The van der Waals surface area contributed by atoms with Crippen molar-refractivity contribution in [3.63, 3.8) is 0 Å². The molecule has 1 aromatic heterocycles. The van der Waals surface area contributed by atoms with Crippen LogP contribution in [0.2, 0.25) is 0 Å². The first-order valence-electron chi connectivity index (χ1n) is 4.32. The van der Waals surface area contributed by atoms with Gasteiger partial charge in [-0.15, -0.1) is 0 Å². The SMILES string of the molecule is Cc1c(N)ncnc1N(C)CCC#N. The molecule has 0 saturated carbocycles. The Hall–Kier alpha value is -1.83. The van der Waals surface area contributed by atoms with Gasteiger partial charge in [0, 0.05) is 19.2 Å². The summed E-state index contributed by atoms with van der Waals surface area (Å²) in [5.41, 5.74) is 6.50. The first-order chi connectivity index (χ1) is 6.66. The van der Waals surface area contributed by atoms with E-state index in [0.29, 0.717) is 18.8 Å². The molecule has 0 spiro atoms. The van der Waals surface area contributed by atoms with E-state index in [1.54, 1.807) is 0 Å². The lowest BCUT2D eigenvalue weighted by molar-refractivity contribution is 0.873. The quantitative estimate of drug-likeness (QED) is 0.761. The van der Waals surface area contributed by atoms with Gasteiger partial charge in [-0.05, 0) is 6.92 Å². The van der Waals surface area contributed by atoms with Gasteiger partial charge in [0.05, 0.1) is 12.5 Å². The van der Waals surface area contributed by atoms with Crippen molar-refractivity contribution in [2.45, 2.75) is 13.3 Å². The highest BCUT2D eigenvalue weighted by atomic mass is 15.2. The summed E-state index contributed by atoms with van der Waals surface area (Å²) in [6.45, 7) is 2.52. The van der Waals surface area contributed by atoms with E-state index in [4.69, 9.17) is 11.0 Å². The van der Waals surface area contributed by atoms with Gasteiger partial charge in [0.15, 0.2) is 0 Å². The lowest BCUT2D eigenvalue weighted by Gasteiger charge is -2.18. The van der Waals surface area contributed by atoms with Crippen LogP contribution in [0.3, 0.4) is 0 Å². The summed E-state index contributed by atoms with van der Waals surface area (Å²) in [4.78, 5) is 9.89. The molecule has 0 bridgehead atoms. The summed E-state index contributed by atoms with van der Waals surface area (Å²) >= 11 is 0. The molecule has 0 saturated heterocycles. The minimum atomic E-state index is 0.472. The van der Waals surface area contributed by atoms with E-state index in [-0.39, 0.29) is 0 Å². The van der Waals surface area contributed by atoms with Gasteiger partial charge in [0.25, 0.3) is 0 Å². The van der Waals surface area contributed by atoms with Crippen LogP contribution in [0.4, 0.5) is 11.6 Å². The fourth-order valence-electron chi connectivity index (χ4n) is 1.16. The van der Waals surface area contributed by atoms with Crippen molar-refractivity contribution in [1.29, 1.82) is 5.26 Å². The molecule has 5 heteroatoms. The fraction of sp³-hybridized carbons (Fsp3) is 0.444. The number of anilines is 2. The van der Waals surface area contributed by atoms with Gasteiger partial charge in [0.1, 0.15) is 18.0 Å². The summed E-state index contributed by atoms with van der Waals surface area (Å²) in [6, 6.07) is 2.09. The number of hydrogen-bond donors (Lipinski definition) is 1. The lowest BCUT2D eigenvalue weighted by Crippen LogP contribution is -2.21. The molecule has 0 fully saturated rings. The Kier molecular flexibility index (Phi) is 3.24. The highest BCUT2D eigenvalue weighted by molar-refractivity contribution is 5.55. The topological polar surface area (TPSA) is 78.8 Å². The molecular weight excluding hydrogens is 178 g/mol. The highest BCUT2D eigenvalue weighted by Gasteiger charge is 2.08. The molecule has 0 aliphatic rings. The number of aromatic nitrogens is 2. The van der Waals surface area contributed by atoms with Crippen molar-refractivity contribution >= 4 is 11.6 Å². The Morgan fingerprint density at radius 3 is 2.93 bits per heavy atom. The van der Waals surface area contributed by atoms with Gasteiger partial charge in [-0.1, -0.05) is 0 Å². The van der Waals surface area contributed by atoms with Crippen molar-refractivity contribution in [2.24, 2.45) is 0 Å². The highest BCUT2D eigenvalue weighted by Crippen LogP contribution is 2.18. The first-order valence-corrected chi connectivity index (χ1v) is 4.32. The van der Waals surface area contributed by atoms with E-state index < -0.39 is 0 Å². The standard InChI is InChI=1S/C9H13N5/c1-7-8(11)12-6-13-9(7)14(2)5-3-4-10/h6H,3,5H2,1-2H3,(H2,11,12,13). The molecule has 1 rings (SSSR count). The summed E-state index contributed by atoms with van der Waals surface area (Å²) in [5.74, 6) is 1.27. The second-order valence-corrected chi connectivity index (χ2v) is 3.04. The van der Waals surface area contributed by atoms with Crippen LogP contribution in [0, 0.1) is 18.3 Å². The molecule has 5 nitrogen and oxygen atoms in total. The third kappa shape index (κ3) is 2.10. The van der Waals surface area contributed by atoms with Gasteiger partial charge in [-0.2, -0.15) is 5.26 Å². The van der Waals surface area contributed by atoms with Gasteiger partial charge in [-0.3, -0.25) is 0 Å². The third-order valence-electron chi connectivity index (χ3n) is 2.02. The van der Waals surface area contributed by atoms with Crippen LogP contribution in [0.5, 0.6) is 0 Å². The monoisotopic (exact) mass is 191 g/mol. The molecule has 0 amide bonds. The average molecular weight is 191 g/mol. The number of hydrogen-bond acceptors (Lipinski definition) is 5. The molecule has 1 aromatic rings. The van der Waals surface area contributed by atoms with Crippen LogP contribution in [-0.2, 0) is 0 Å². The van der Waals surface area contributed by atoms with Crippen molar-refractivity contribution in [3.8, 4) is 6.07 Å². The van der Waals surface area contributed by atoms with E-state index >= 15 is 0 Å². The molecule has 0 radical (unpaired) electrons. The van der Waals surface area contributed by atoms with Crippen molar-refractivity contribution in [3.05, 3.63) is 11.9 Å². The predicted octanol–water partition coefficient (Wildman–Crippen LogP) is 0.717. The fourth-order valence-corrected chi connectivity index (χ4v) is 1.16. The largest absolute Gasteiger partial charge is 0.383 e. The lowest BCUT2D eigenvalue weighted by atomic mass is 10.3. The molecule has 14 heavy (non-hydrogen) atoms. The molecule has 0 aliphatic carbocycles. The second kappa shape index (κ2) is 4.42. The minimum absolute atomic E-state index is 0.472. The van der Waals surface area contributed by atoms with Crippen LogP contribution < -0.4 is 10.6 Å². The van der Waals surface area contributed by atoms with Crippen LogP contribution in [0.15, 0.2) is 6.33 Å². The number of nitriles is 1. The zero-order chi connectivity index (χ0) is 10.6. The van der Waals surface area contributed by atoms with Crippen LogP contribution in [0.1, 0.15) is 12.0 Å². The van der Waals surface area contributed by atoms with Crippen molar-refractivity contribution in [2.75, 3.05) is 24.2 Å². The minimum Gasteiger partial charge on any atom is -0.383 e. The van der Waals surface area contributed by atoms with Crippen molar-refractivity contribution < 1.29 is 0 Å². The van der Waals surface area contributed by atoms with Crippen LogP contribution in [0.25, 0.3) is 0 Å². The Labute approximate surface area is 83.2 Å². The maximum Gasteiger partial charge on any atom is 0.136 e. The number of nitrogen functional groups attached to an aromatic ring is 1. The number of nitrogens with two attached hydrogens (primary N) is 1. The summed E-state index contributed by atoms with van der Waals surface area (Å²) < 4.78 is 0. The Morgan fingerprint density at radius 2 is 2.29 bits per heavy atom. The maximum absolute atomic E-state index is 8.45. The Balaban J connectivity index is 2.85. The predicted molar refractivity (Wildman–Crippen MR) is 54.7 cm³/mol. The van der Waals surface area contributed by atoms with Gasteiger partial charge in [-0.25, -0.2) is 9.97 Å². The van der Waals surface area contributed by atoms with E-state index in [2.05, 4.69) is 16.0 Å². The van der Waals surface area contributed by atoms with Crippen LogP contribution in [-0.4, -0.2) is 23.6 Å². The molecule has 0 unspecified atom stereocenters. The average Bonchev–Trinajstić information content (AvgIpc) is 2.18. The zero-order valence-electron chi connectivity index (χ0n) is 8.36. The first kappa shape index (κ1) is 10.3.